The first kappa shape index (κ1) is 13.3. The maximum atomic E-state index is 9.42. The van der Waals surface area contributed by atoms with Gasteiger partial charge in [0.1, 0.15) is 5.82 Å². The molecule has 2 aromatic heterocycles. The highest BCUT2D eigenvalue weighted by atomic mass is 35.5. The zero-order chi connectivity index (χ0) is 13.1. The number of nitrogens with zero attached hydrogens (tertiary/aromatic N) is 2. The van der Waals surface area contributed by atoms with Crippen molar-refractivity contribution in [3.63, 3.8) is 0 Å². The Morgan fingerprint density at radius 2 is 2.17 bits per heavy atom. The number of hydrogen-bond donors (Lipinski definition) is 1. The van der Waals surface area contributed by atoms with E-state index in [0.29, 0.717) is 0 Å². The van der Waals surface area contributed by atoms with Gasteiger partial charge in [0.2, 0.25) is 0 Å². The van der Waals surface area contributed by atoms with Gasteiger partial charge >= 0.3 is 0 Å². The standard InChI is InChI=1S/C13H15ClN2OS/c1-9(17)10-3-6-13(15-7-10)16(2)8-11-4-5-12(14)18-11/h3-7,9,17H,8H2,1-2H3/t9-/m1/s1. The minimum absolute atomic E-state index is 0.479. The Bertz CT molecular complexity index is 510. The van der Waals surface area contributed by atoms with Gasteiger partial charge in [0, 0.05) is 18.1 Å². The topological polar surface area (TPSA) is 36.4 Å². The quantitative estimate of drug-likeness (QED) is 0.933. The molecule has 2 aromatic rings. The highest BCUT2D eigenvalue weighted by Gasteiger charge is 2.07. The summed E-state index contributed by atoms with van der Waals surface area (Å²) < 4.78 is 0.802. The van der Waals surface area contributed by atoms with Gasteiger partial charge in [-0.2, -0.15) is 0 Å². The first-order chi connectivity index (χ1) is 8.56. The van der Waals surface area contributed by atoms with Crippen molar-refractivity contribution in [3.05, 3.63) is 45.2 Å². The van der Waals surface area contributed by atoms with E-state index in [1.54, 1.807) is 24.5 Å². The largest absolute Gasteiger partial charge is 0.389 e. The Balaban J connectivity index is 2.06. The summed E-state index contributed by atoms with van der Waals surface area (Å²) in [4.78, 5) is 7.59. The third-order valence-electron chi connectivity index (χ3n) is 2.67. The Labute approximate surface area is 116 Å². The second-order valence-electron chi connectivity index (χ2n) is 4.19. The van der Waals surface area contributed by atoms with Crippen LogP contribution in [0.5, 0.6) is 0 Å². The van der Waals surface area contributed by atoms with Gasteiger partial charge in [-0.1, -0.05) is 17.7 Å². The summed E-state index contributed by atoms with van der Waals surface area (Å²) in [5, 5.41) is 9.42. The Morgan fingerprint density at radius 3 is 2.67 bits per heavy atom. The summed E-state index contributed by atoms with van der Waals surface area (Å²) in [6, 6.07) is 7.73. The van der Waals surface area contributed by atoms with E-state index in [1.807, 2.05) is 36.2 Å². The molecule has 0 aliphatic carbocycles. The van der Waals surface area contributed by atoms with Crippen molar-refractivity contribution in [2.75, 3.05) is 11.9 Å². The lowest BCUT2D eigenvalue weighted by Crippen LogP contribution is -2.16. The lowest BCUT2D eigenvalue weighted by atomic mass is 10.2. The lowest BCUT2D eigenvalue weighted by molar-refractivity contribution is 0.199. The molecular weight excluding hydrogens is 268 g/mol. The molecule has 0 aliphatic rings. The zero-order valence-corrected chi connectivity index (χ0v) is 11.9. The number of anilines is 1. The molecule has 1 N–H and O–H groups in total. The van der Waals surface area contributed by atoms with E-state index in [9.17, 15) is 5.11 Å². The molecule has 0 amide bonds. The summed E-state index contributed by atoms with van der Waals surface area (Å²) in [5.41, 5.74) is 0.825. The number of aliphatic hydroxyl groups is 1. The van der Waals surface area contributed by atoms with Crippen molar-refractivity contribution in [2.24, 2.45) is 0 Å². The Kier molecular flexibility index (Phi) is 4.22. The van der Waals surface area contributed by atoms with Gasteiger partial charge in [0.05, 0.1) is 17.0 Å². The van der Waals surface area contributed by atoms with Gasteiger partial charge < -0.3 is 10.0 Å². The van der Waals surface area contributed by atoms with E-state index >= 15 is 0 Å². The zero-order valence-electron chi connectivity index (χ0n) is 10.3. The second kappa shape index (κ2) is 5.69. The fourth-order valence-corrected chi connectivity index (χ4v) is 2.76. The van der Waals surface area contributed by atoms with Crippen molar-refractivity contribution in [2.45, 2.75) is 19.6 Å². The van der Waals surface area contributed by atoms with Gasteiger partial charge in [0.25, 0.3) is 0 Å². The molecule has 0 unspecified atom stereocenters. The van der Waals surface area contributed by atoms with Crippen LogP contribution in [0.2, 0.25) is 4.34 Å². The molecule has 3 nitrogen and oxygen atoms in total. The predicted molar refractivity (Wildman–Crippen MR) is 76.3 cm³/mol. The summed E-state index contributed by atoms with van der Waals surface area (Å²) in [7, 11) is 1.98. The molecule has 2 heterocycles. The summed E-state index contributed by atoms with van der Waals surface area (Å²) in [6.07, 6.45) is 1.23. The molecule has 0 spiro atoms. The molecule has 0 bridgehead atoms. The number of hydrogen-bond acceptors (Lipinski definition) is 4. The molecule has 0 saturated heterocycles. The molecule has 5 heteroatoms. The van der Waals surface area contributed by atoms with Gasteiger partial charge in [0.15, 0.2) is 0 Å². The SMILES string of the molecule is C[C@@H](O)c1ccc(N(C)Cc2ccc(Cl)s2)nc1. The van der Waals surface area contributed by atoms with Crippen LogP contribution in [0.1, 0.15) is 23.5 Å². The van der Waals surface area contributed by atoms with Crippen LogP contribution in [0.4, 0.5) is 5.82 Å². The average Bonchev–Trinajstić information content (AvgIpc) is 2.75. The van der Waals surface area contributed by atoms with Crippen molar-refractivity contribution in [3.8, 4) is 0 Å². The monoisotopic (exact) mass is 282 g/mol. The number of rotatable bonds is 4. The van der Waals surface area contributed by atoms with Crippen molar-refractivity contribution in [1.29, 1.82) is 0 Å². The van der Waals surface area contributed by atoms with Crippen molar-refractivity contribution >= 4 is 28.8 Å². The maximum Gasteiger partial charge on any atom is 0.128 e. The third-order valence-corrected chi connectivity index (χ3v) is 3.88. The van der Waals surface area contributed by atoms with Crippen LogP contribution in [0, 0.1) is 0 Å². The number of halogens is 1. The van der Waals surface area contributed by atoms with E-state index in [-0.39, 0.29) is 0 Å². The first-order valence-electron chi connectivity index (χ1n) is 5.65. The van der Waals surface area contributed by atoms with E-state index in [1.165, 1.54) is 4.88 Å². The van der Waals surface area contributed by atoms with Crippen LogP contribution < -0.4 is 4.90 Å². The highest BCUT2D eigenvalue weighted by Crippen LogP contribution is 2.24. The molecule has 96 valence electrons. The molecule has 0 radical (unpaired) electrons. The van der Waals surface area contributed by atoms with Crippen LogP contribution >= 0.6 is 22.9 Å². The number of aliphatic hydroxyl groups excluding tert-OH is 1. The third kappa shape index (κ3) is 3.22. The van der Waals surface area contributed by atoms with Crippen LogP contribution in [-0.4, -0.2) is 17.1 Å². The first-order valence-corrected chi connectivity index (χ1v) is 6.85. The van der Waals surface area contributed by atoms with E-state index < -0.39 is 6.10 Å². The molecule has 2 rings (SSSR count). The molecule has 0 fully saturated rings. The van der Waals surface area contributed by atoms with Gasteiger partial charge in [-0.25, -0.2) is 4.98 Å². The summed E-state index contributed by atoms with van der Waals surface area (Å²) in [5.74, 6) is 0.879. The predicted octanol–water partition coefficient (Wildman–Crippen LogP) is 3.49. The molecular formula is C13H15ClN2OS. The number of pyridine rings is 1. The minimum Gasteiger partial charge on any atom is -0.389 e. The molecule has 0 aliphatic heterocycles. The second-order valence-corrected chi connectivity index (χ2v) is 5.99. The molecule has 18 heavy (non-hydrogen) atoms. The fraction of sp³-hybridized carbons (Fsp3) is 0.308. The van der Waals surface area contributed by atoms with Crippen molar-refractivity contribution in [1.82, 2.24) is 4.98 Å². The highest BCUT2D eigenvalue weighted by molar-refractivity contribution is 7.16. The van der Waals surface area contributed by atoms with Gasteiger partial charge in [-0.05, 0) is 30.7 Å². The molecule has 1 atom stereocenters. The van der Waals surface area contributed by atoms with Crippen LogP contribution in [-0.2, 0) is 6.54 Å². The lowest BCUT2D eigenvalue weighted by Gasteiger charge is -2.17. The fourth-order valence-electron chi connectivity index (χ4n) is 1.62. The molecule has 0 saturated carbocycles. The van der Waals surface area contributed by atoms with Crippen LogP contribution in [0.25, 0.3) is 0 Å². The molecule has 0 aromatic carbocycles. The maximum absolute atomic E-state index is 9.42. The van der Waals surface area contributed by atoms with Gasteiger partial charge in [-0.3, -0.25) is 0 Å². The van der Waals surface area contributed by atoms with Crippen LogP contribution in [0.15, 0.2) is 30.5 Å². The minimum atomic E-state index is -0.479. The Hall–Kier alpha value is -1.10. The smallest absolute Gasteiger partial charge is 0.128 e. The van der Waals surface area contributed by atoms with Crippen LogP contribution in [0.3, 0.4) is 0 Å². The van der Waals surface area contributed by atoms with Crippen molar-refractivity contribution < 1.29 is 5.11 Å². The summed E-state index contributed by atoms with van der Waals surface area (Å²) in [6.45, 7) is 2.51. The van der Waals surface area contributed by atoms with E-state index in [4.69, 9.17) is 11.6 Å². The van der Waals surface area contributed by atoms with E-state index in [2.05, 4.69) is 4.98 Å². The summed E-state index contributed by atoms with van der Waals surface area (Å²) >= 11 is 7.48. The number of thiophene rings is 1. The van der Waals surface area contributed by atoms with Gasteiger partial charge in [-0.15, -0.1) is 11.3 Å². The average molecular weight is 283 g/mol. The normalized spacial score (nSPS) is 12.4. The number of aromatic nitrogens is 1. The van der Waals surface area contributed by atoms with E-state index in [0.717, 1.165) is 22.3 Å². The Morgan fingerprint density at radius 1 is 1.39 bits per heavy atom.